The van der Waals surface area contributed by atoms with E-state index in [2.05, 4.69) is 12.2 Å². The Hall–Kier alpha value is -1.55. The van der Waals surface area contributed by atoms with Crippen LogP contribution in [-0.2, 0) is 11.2 Å². The van der Waals surface area contributed by atoms with Crippen LogP contribution in [0.25, 0.3) is 0 Å². The van der Waals surface area contributed by atoms with Crippen molar-refractivity contribution in [2.24, 2.45) is 5.73 Å². The van der Waals surface area contributed by atoms with Crippen molar-refractivity contribution in [2.45, 2.75) is 45.1 Å². The second-order valence-electron chi connectivity index (χ2n) is 4.84. The first-order chi connectivity index (χ1) is 9.17. The van der Waals surface area contributed by atoms with Crippen molar-refractivity contribution in [3.05, 3.63) is 29.8 Å². The molecule has 0 radical (unpaired) electrons. The second kappa shape index (κ2) is 8.53. The Kier molecular flexibility index (Phi) is 6.97. The van der Waals surface area contributed by atoms with E-state index >= 15 is 0 Å². The van der Waals surface area contributed by atoms with Crippen molar-refractivity contribution < 1.29 is 4.79 Å². The van der Waals surface area contributed by atoms with Crippen molar-refractivity contribution in [1.29, 1.82) is 0 Å². The molecule has 0 saturated heterocycles. The van der Waals surface area contributed by atoms with Crippen LogP contribution in [0.2, 0.25) is 0 Å². The van der Waals surface area contributed by atoms with Gasteiger partial charge in [-0.15, -0.1) is 0 Å². The molecule has 0 aliphatic rings. The second-order valence-corrected chi connectivity index (χ2v) is 4.84. The van der Waals surface area contributed by atoms with E-state index in [0.717, 1.165) is 30.5 Å². The van der Waals surface area contributed by atoms with Crippen LogP contribution in [0.5, 0.6) is 0 Å². The molecule has 1 unspecified atom stereocenters. The molecule has 0 heterocycles. The lowest BCUT2D eigenvalue weighted by Gasteiger charge is -2.16. The summed E-state index contributed by atoms with van der Waals surface area (Å²) in [7, 11) is 0. The summed E-state index contributed by atoms with van der Waals surface area (Å²) in [6.07, 6.45) is 4.29. The fourth-order valence-electron chi connectivity index (χ4n) is 2.01. The lowest BCUT2D eigenvalue weighted by molar-refractivity contribution is -0.121. The molecule has 4 nitrogen and oxygen atoms in total. The summed E-state index contributed by atoms with van der Waals surface area (Å²) < 4.78 is 0. The van der Waals surface area contributed by atoms with Gasteiger partial charge in [-0.25, -0.2) is 0 Å². The topological polar surface area (TPSA) is 81.1 Å². The van der Waals surface area contributed by atoms with E-state index in [1.54, 1.807) is 0 Å². The molecule has 0 aliphatic heterocycles. The highest BCUT2D eigenvalue weighted by atomic mass is 16.1. The van der Waals surface area contributed by atoms with Crippen molar-refractivity contribution in [3.8, 4) is 0 Å². The van der Waals surface area contributed by atoms with Gasteiger partial charge in [0.1, 0.15) is 0 Å². The maximum absolute atomic E-state index is 11.9. The number of unbranched alkanes of at least 4 members (excludes halogenated alkanes) is 1. The minimum atomic E-state index is 0.0507. The average Bonchev–Trinajstić information content (AvgIpc) is 2.42. The largest absolute Gasteiger partial charge is 0.399 e. The number of nitrogens with one attached hydrogen (secondary N) is 1. The molecule has 1 aromatic carbocycles. The summed E-state index contributed by atoms with van der Waals surface area (Å²) in [4.78, 5) is 11.9. The number of benzene rings is 1. The molecule has 19 heavy (non-hydrogen) atoms. The Morgan fingerprint density at radius 1 is 1.37 bits per heavy atom. The Bertz CT molecular complexity index is 393. The molecule has 106 valence electrons. The third-order valence-electron chi connectivity index (χ3n) is 3.23. The Morgan fingerprint density at radius 2 is 2.11 bits per heavy atom. The van der Waals surface area contributed by atoms with Crippen molar-refractivity contribution >= 4 is 11.6 Å². The number of nitrogens with two attached hydrogens (primary N) is 2. The van der Waals surface area contributed by atoms with Crippen LogP contribution in [0.4, 0.5) is 5.69 Å². The maximum atomic E-state index is 11.9. The van der Waals surface area contributed by atoms with Crippen LogP contribution in [0.1, 0.15) is 38.2 Å². The van der Waals surface area contributed by atoms with Gasteiger partial charge in [0.15, 0.2) is 0 Å². The highest BCUT2D eigenvalue weighted by Gasteiger charge is 2.10. The smallest absolute Gasteiger partial charge is 0.220 e. The summed E-state index contributed by atoms with van der Waals surface area (Å²) in [6.45, 7) is 2.63. The molecular formula is C15H25N3O. The first kappa shape index (κ1) is 15.5. The van der Waals surface area contributed by atoms with E-state index in [1.165, 1.54) is 0 Å². The minimum Gasteiger partial charge on any atom is -0.399 e. The van der Waals surface area contributed by atoms with Crippen LogP contribution < -0.4 is 16.8 Å². The molecule has 0 aliphatic carbocycles. The summed E-state index contributed by atoms with van der Waals surface area (Å²) in [5.41, 5.74) is 13.3. The number of hydrogen-bond acceptors (Lipinski definition) is 3. The van der Waals surface area contributed by atoms with Gasteiger partial charge in [-0.05, 0) is 24.5 Å². The molecular weight excluding hydrogens is 238 g/mol. The van der Waals surface area contributed by atoms with Crippen LogP contribution in [0, 0.1) is 0 Å². The van der Waals surface area contributed by atoms with Crippen LogP contribution >= 0.6 is 0 Å². The number of hydrogen-bond donors (Lipinski definition) is 3. The number of carbonyl (C=O) groups excluding carboxylic acids is 1. The third-order valence-corrected chi connectivity index (χ3v) is 3.23. The molecule has 0 aromatic heterocycles. The van der Waals surface area contributed by atoms with Gasteiger partial charge >= 0.3 is 0 Å². The molecule has 4 heteroatoms. The normalized spacial score (nSPS) is 12.1. The van der Waals surface area contributed by atoms with Gasteiger partial charge in [0, 0.05) is 24.7 Å². The van der Waals surface area contributed by atoms with Crippen LogP contribution in [0.3, 0.4) is 0 Å². The first-order valence-corrected chi connectivity index (χ1v) is 7.00. The fourth-order valence-corrected chi connectivity index (χ4v) is 2.01. The van der Waals surface area contributed by atoms with Gasteiger partial charge in [-0.3, -0.25) is 4.79 Å². The summed E-state index contributed by atoms with van der Waals surface area (Å²) in [5.74, 6) is 0.0507. The van der Waals surface area contributed by atoms with Gasteiger partial charge in [0.05, 0.1) is 0 Å². The highest BCUT2D eigenvalue weighted by Crippen LogP contribution is 2.12. The lowest BCUT2D eigenvalue weighted by Crippen LogP contribution is -2.40. The molecule has 0 fully saturated rings. The van der Waals surface area contributed by atoms with E-state index in [1.807, 2.05) is 24.3 Å². The van der Waals surface area contributed by atoms with E-state index < -0.39 is 0 Å². The zero-order valence-corrected chi connectivity index (χ0v) is 11.7. The minimum absolute atomic E-state index is 0.0507. The van der Waals surface area contributed by atoms with Gasteiger partial charge in [-0.1, -0.05) is 38.0 Å². The van der Waals surface area contributed by atoms with E-state index in [9.17, 15) is 4.79 Å². The number of carbonyl (C=O) groups is 1. The van der Waals surface area contributed by atoms with Crippen molar-refractivity contribution in [2.75, 3.05) is 12.3 Å². The van der Waals surface area contributed by atoms with Gasteiger partial charge < -0.3 is 16.8 Å². The van der Waals surface area contributed by atoms with Crippen LogP contribution in [0.15, 0.2) is 24.3 Å². The predicted octanol–water partition coefficient (Wildman–Crippen LogP) is 1.84. The Morgan fingerprint density at radius 3 is 2.74 bits per heavy atom. The van der Waals surface area contributed by atoms with E-state index in [4.69, 9.17) is 11.5 Å². The number of amides is 1. The SMILES string of the molecule is CCCCC(CN)NC(=O)CCc1ccccc1N. The number of nitrogen functional groups attached to an aromatic ring is 1. The zero-order valence-electron chi connectivity index (χ0n) is 11.7. The standard InChI is InChI=1S/C15H25N3O/c1-2-3-7-13(11-16)18-15(19)10-9-12-6-4-5-8-14(12)17/h4-6,8,13H,2-3,7,9-11,16-17H2,1H3,(H,18,19). The maximum Gasteiger partial charge on any atom is 0.220 e. The summed E-state index contributed by atoms with van der Waals surface area (Å²) in [6, 6.07) is 7.75. The van der Waals surface area contributed by atoms with E-state index in [0.29, 0.717) is 19.4 Å². The molecule has 0 spiro atoms. The lowest BCUT2D eigenvalue weighted by atomic mass is 10.1. The summed E-state index contributed by atoms with van der Waals surface area (Å²) >= 11 is 0. The molecule has 1 amide bonds. The molecule has 5 N–H and O–H groups in total. The quantitative estimate of drug-likeness (QED) is 0.626. The van der Waals surface area contributed by atoms with E-state index in [-0.39, 0.29) is 11.9 Å². The van der Waals surface area contributed by atoms with Gasteiger partial charge in [0.25, 0.3) is 0 Å². The Labute approximate surface area is 115 Å². The summed E-state index contributed by atoms with van der Waals surface area (Å²) in [5, 5.41) is 2.99. The Balaban J connectivity index is 2.36. The molecule has 0 saturated carbocycles. The predicted molar refractivity (Wildman–Crippen MR) is 79.7 cm³/mol. The molecule has 1 aromatic rings. The van der Waals surface area contributed by atoms with Crippen molar-refractivity contribution in [3.63, 3.8) is 0 Å². The average molecular weight is 263 g/mol. The number of aryl methyl sites for hydroxylation is 1. The highest BCUT2D eigenvalue weighted by molar-refractivity contribution is 5.76. The molecule has 1 rings (SSSR count). The first-order valence-electron chi connectivity index (χ1n) is 7.00. The number of para-hydroxylation sites is 1. The van der Waals surface area contributed by atoms with Crippen molar-refractivity contribution in [1.82, 2.24) is 5.32 Å². The molecule has 1 atom stereocenters. The molecule has 0 bridgehead atoms. The number of rotatable bonds is 8. The van der Waals surface area contributed by atoms with Gasteiger partial charge in [-0.2, -0.15) is 0 Å². The number of anilines is 1. The third kappa shape index (κ3) is 5.75. The van der Waals surface area contributed by atoms with Crippen LogP contribution in [-0.4, -0.2) is 18.5 Å². The van der Waals surface area contributed by atoms with Gasteiger partial charge in [0.2, 0.25) is 5.91 Å². The fraction of sp³-hybridized carbons (Fsp3) is 0.533. The zero-order chi connectivity index (χ0) is 14.1. The monoisotopic (exact) mass is 263 g/mol.